The minimum Gasteiger partial charge on any atom is -0.453 e. The lowest BCUT2D eigenvalue weighted by Crippen LogP contribution is -2.57. The van der Waals surface area contributed by atoms with E-state index in [2.05, 4.69) is 15.4 Å². The molecule has 8 nitrogen and oxygen atoms in total. The van der Waals surface area contributed by atoms with Crippen molar-refractivity contribution in [2.75, 3.05) is 27.8 Å². The number of hydrogen-bond acceptors (Lipinski definition) is 5. The monoisotopic (exact) mass is 301 g/mol. The van der Waals surface area contributed by atoms with Gasteiger partial charge in [-0.05, 0) is 19.8 Å². The van der Waals surface area contributed by atoms with Crippen LogP contribution in [0.3, 0.4) is 0 Å². The van der Waals surface area contributed by atoms with Gasteiger partial charge in [-0.25, -0.2) is 4.79 Å². The Hall–Kier alpha value is -1.83. The SMILES string of the molecule is CNC(=O)C1CCCN1C(=O)[C@@H](NC(=O)OC)[C@H](C)OC. The zero-order valence-electron chi connectivity index (χ0n) is 12.8. The number of methoxy groups -OCH3 is 2. The highest BCUT2D eigenvalue weighted by atomic mass is 16.5. The number of nitrogens with one attached hydrogen (secondary N) is 2. The van der Waals surface area contributed by atoms with Gasteiger partial charge in [0.2, 0.25) is 11.8 Å². The molecule has 120 valence electrons. The Morgan fingerprint density at radius 2 is 1.95 bits per heavy atom. The first-order valence-electron chi connectivity index (χ1n) is 6.85. The van der Waals surface area contributed by atoms with Gasteiger partial charge in [0, 0.05) is 20.7 Å². The normalized spacial score (nSPS) is 20.6. The molecule has 1 fully saturated rings. The van der Waals surface area contributed by atoms with E-state index in [-0.39, 0.29) is 11.8 Å². The van der Waals surface area contributed by atoms with Crippen LogP contribution in [0.5, 0.6) is 0 Å². The molecule has 0 radical (unpaired) electrons. The van der Waals surface area contributed by atoms with E-state index in [1.54, 1.807) is 6.92 Å². The summed E-state index contributed by atoms with van der Waals surface area (Å²) in [7, 11) is 4.20. The number of rotatable bonds is 5. The quantitative estimate of drug-likeness (QED) is 0.712. The van der Waals surface area contributed by atoms with E-state index < -0.39 is 24.3 Å². The second-order valence-electron chi connectivity index (χ2n) is 4.86. The average Bonchev–Trinajstić information content (AvgIpc) is 2.99. The number of alkyl carbamates (subject to hydrolysis) is 1. The van der Waals surface area contributed by atoms with Gasteiger partial charge >= 0.3 is 6.09 Å². The molecule has 0 aromatic rings. The van der Waals surface area contributed by atoms with Gasteiger partial charge in [-0.3, -0.25) is 9.59 Å². The summed E-state index contributed by atoms with van der Waals surface area (Å²) in [6.45, 7) is 2.15. The summed E-state index contributed by atoms with van der Waals surface area (Å²) in [4.78, 5) is 37.3. The van der Waals surface area contributed by atoms with Gasteiger partial charge in [-0.15, -0.1) is 0 Å². The van der Waals surface area contributed by atoms with Crippen molar-refractivity contribution in [3.8, 4) is 0 Å². The molecule has 0 aliphatic carbocycles. The van der Waals surface area contributed by atoms with Gasteiger partial charge in [0.15, 0.2) is 0 Å². The van der Waals surface area contributed by atoms with Crippen LogP contribution in [-0.2, 0) is 19.1 Å². The molecule has 1 aliphatic rings. The van der Waals surface area contributed by atoms with Crippen LogP contribution >= 0.6 is 0 Å². The first-order chi connectivity index (χ1) is 9.96. The van der Waals surface area contributed by atoms with Crippen molar-refractivity contribution >= 4 is 17.9 Å². The second-order valence-corrected chi connectivity index (χ2v) is 4.86. The molecule has 0 spiro atoms. The molecular weight excluding hydrogens is 278 g/mol. The molecule has 0 aromatic carbocycles. The highest BCUT2D eigenvalue weighted by Gasteiger charge is 2.39. The third kappa shape index (κ3) is 4.07. The summed E-state index contributed by atoms with van der Waals surface area (Å²) in [6, 6.07) is -1.40. The summed E-state index contributed by atoms with van der Waals surface area (Å²) in [5, 5.41) is 5.01. The summed E-state index contributed by atoms with van der Waals surface area (Å²) in [5.74, 6) is -0.552. The Kier molecular flexibility index (Phi) is 6.41. The highest BCUT2D eigenvalue weighted by Crippen LogP contribution is 2.19. The molecule has 21 heavy (non-hydrogen) atoms. The maximum absolute atomic E-state index is 12.6. The van der Waals surface area contributed by atoms with Crippen molar-refractivity contribution in [1.82, 2.24) is 15.5 Å². The number of nitrogens with zero attached hydrogens (tertiary/aromatic N) is 1. The van der Waals surface area contributed by atoms with E-state index in [0.29, 0.717) is 13.0 Å². The van der Waals surface area contributed by atoms with Crippen LogP contribution in [0, 0.1) is 0 Å². The maximum atomic E-state index is 12.6. The maximum Gasteiger partial charge on any atom is 0.407 e. The van der Waals surface area contributed by atoms with Crippen molar-refractivity contribution in [2.24, 2.45) is 0 Å². The third-order valence-electron chi connectivity index (χ3n) is 3.65. The number of amides is 3. The molecular formula is C13H23N3O5. The van der Waals surface area contributed by atoms with Gasteiger partial charge in [0.05, 0.1) is 13.2 Å². The fourth-order valence-electron chi connectivity index (χ4n) is 2.35. The second kappa shape index (κ2) is 7.82. The lowest BCUT2D eigenvalue weighted by atomic mass is 10.1. The van der Waals surface area contributed by atoms with Gasteiger partial charge in [-0.2, -0.15) is 0 Å². The average molecular weight is 301 g/mol. The lowest BCUT2D eigenvalue weighted by Gasteiger charge is -2.30. The molecule has 1 heterocycles. The summed E-state index contributed by atoms with van der Waals surface area (Å²) < 4.78 is 9.67. The molecule has 1 aliphatic heterocycles. The van der Waals surface area contributed by atoms with Crippen LogP contribution in [0.2, 0.25) is 0 Å². The smallest absolute Gasteiger partial charge is 0.407 e. The lowest BCUT2D eigenvalue weighted by molar-refractivity contribution is -0.142. The van der Waals surface area contributed by atoms with Crippen LogP contribution in [0.15, 0.2) is 0 Å². The number of likely N-dealkylation sites (N-methyl/N-ethyl adjacent to an activating group) is 1. The molecule has 8 heteroatoms. The fraction of sp³-hybridized carbons (Fsp3) is 0.769. The van der Waals surface area contributed by atoms with Crippen LogP contribution in [0.4, 0.5) is 4.79 Å². The van der Waals surface area contributed by atoms with Crippen LogP contribution in [0.1, 0.15) is 19.8 Å². The van der Waals surface area contributed by atoms with E-state index in [1.807, 2.05) is 0 Å². The Balaban J connectivity index is 2.88. The number of ether oxygens (including phenoxy) is 2. The zero-order valence-corrected chi connectivity index (χ0v) is 12.8. The molecule has 0 aromatic heterocycles. The standard InChI is InChI=1S/C13H23N3O5/c1-8(20-3)10(15-13(19)21-4)12(18)16-7-5-6-9(16)11(17)14-2/h8-10H,5-7H2,1-4H3,(H,14,17)(H,15,19)/t8-,9?,10-/m0/s1. The van der Waals surface area contributed by atoms with Gasteiger partial charge < -0.3 is 25.0 Å². The Morgan fingerprint density at radius 3 is 2.48 bits per heavy atom. The van der Waals surface area contributed by atoms with Crippen molar-refractivity contribution < 1.29 is 23.9 Å². The van der Waals surface area contributed by atoms with Crippen molar-refractivity contribution in [3.05, 3.63) is 0 Å². The molecule has 0 bridgehead atoms. The minimum atomic E-state index is -0.896. The fourth-order valence-corrected chi connectivity index (χ4v) is 2.35. The van der Waals surface area contributed by atoms with Gasteiger partial charge in [0.1, 0.15) is 12.1 Å². The van der Waals surface area contributed by atoms with E-state index in [1.165, 1.54) is 26.2 Å². The molecule has 1 saturated heterocycles. The molecule has 0 saturated carbocycles. The van der Waals surface area contributed by atoms with Gasteiger partial charge in [0.25, 0.3) is 0 Å². The summed E-state index contributed by atoms with van der Waals surface area (Å²) in [6.07, 6.45) is 0.101. The van der Waals surface area contributed by atoms with Crippen LogP contribution in [-0.4, -0.2) is 68.8 Å². The van der Waals surface area contributed by atoms with E-state index in [4.69, 9.17) is 4.74 Å². The number of carbonyl (C=O) groups is 3. The Morgan fingerprint density at radius 1 is 1.29 bits per heavy atom. The van der Waals surface area contributed by atoms with E-state index in [9.17, 15) is 14.4 Å². The predicted molar refractivity (Wildman–Crippen MR) is 74.6 cm³/mol. The zero-order chi connectivity index (χ0) is 16.0. The van der Waals surface area contributed by atoms with Crippen LogP contribution in [0.25, 0.3) is 0 Å². The molecule has 1 unspecified atom stereocenters. The predicted octanol–water partition coefficient (Wildman–Crippen LogP) is -0.517. The molecule has 3 atom stereocenters. The minimum absolute atomic E-state index is 0.206. The molecule has 2 N–H and O–H groups in total. The largest absolute Gasteiger partial charge is 0.453 e. The van der Waals surface area contributed by atoms with Crippen LogP contribution < -0.4 is 10.6 Å². The first-order valence-corrected chi connectivity index (χ1v) is 6.85. The Bertz CT molecular complexity index is 401. The topological polar surface area (TPSA) is 97.0 Å². The number of likely N-dealkylation sites (tertiary alicyclic amines) is 1. The highest BCUT2D eigenvalue weighted by molar-refractivity contribution is 5.92. The number of carbonyl (C=O) groups excluding carboxylic acids is 3. The molecule has 3 amide bonds. The van der Waals surface area contributed by atoms with Gasteiger partial charge in [-0.1, -0.05) is 0 Å². The first kappa shape index (κ1) is 17.2. The third-order valence-corrected chi connectivity index (χ3v) is 3.65. The van der Waals surface area contributed by atoms with Crippen molar-refractivity contribution in [3.63, 3.8) is 0 Å². The number of hydrogen-bond donors (Lipinski definition) is 2. The van der Waals surface area contributed by atoms with E-state index in [0.717, 1.165) is 6.42 Å². The summed E-state index contributed by atoms with van der Waals surface area (Å²) >= 11 is 0. The summed E-state index contributed by atoms with van der Waals surface area (Å²) in [5.41, 5.74) is 0. The van der Waals surface area contributed by atoms with Crippen molar-refractivity contribution in [2.45, 2.75) is 38.0 Å². The van der Waals surface area contributed by atoms with E-state index >= 15 is 0 Å². The van der Waals surface area contributed by atoms with Crippen molar-refractivity contribution in [1.29, 1.82) is 0 Å². The Labute approximate surface area is 124 Å². The molecule has 1 rings (SSSR count).